The van der Waals surface area contributed by atoms with E-state index in [4.69, 9.17) is 4.74 Å². The highest BCUT2D eigenvalue weighted by molar-refractivity contribution is 7.98. The molecular weight excluding hydrogens is 420 g/mol. The van der Waals surface area contributed by atoms with Crippen LogP contribution in [0.15, 0.2) is 47.4 Å². The van der Waals surface area contributed by atoms with Gasteiger partial charge in [-0.1, -0.05) is 18.2 Å². The van der Waals surface area contributed by atoms with Crippen LogP contribution in [-0.4, -0.2) is 40.2 Å². The largest absolute Gasteiger partial charge is 0.508 e. The van der Waals surface area contributed by atoms with Crippen molar-refractivity contribution < 1.29 is 14.6 Å². The first kappa shape index (κ1) is 21.4. The fraction of sp³-hybridized carbons (Fsp3) is 0.423. The number of fused-ring (bicyclic) bond motifs is 1. The van der Waals surface area contributed by atoms with Gasteiger partial charge in [0.05, 0.1) is 12.2 Å². The second kappa shape index (κ2) is 8.83. The molecule has 2 aromatic carbocycles. The van der Waals surface area contributed by atoms with Gasteiger partial charge in [-0.25, -0.2) is 4.79 Å². The molecule has 1 aromatic heterocycles. The van der Waals surface area contributed by atoms with Crippen molar-refractivity contribution in [3.8, 4) is 5.75 Å². The molecule has 0 amide bonds. The molecule has 3 aromatic rings. The third-order valence-corrected chi connectivity index (χ3v) is 7.47. The number of hydrogen-bond donors (Lipinski definition) is 1. The summed E-state index contributed by atoms with van der Waals surface area (Å²) in [5.74, 6) is 0.648. The lowest BCUT2D eigenvalue weighted by atomic mass is 10.0. The minimum Gasteiger partial charge on any atom is -0.508 e. The van der Waals surface area contributed by atoms with Crippen LogP contribution in [0.4, 0.5) is 0 Å². The SMILES string of the molecule is CCOC(=O)c1c(CSc2ccccc2)n(C2CC2)c2ccc(O)c(CN(C)C3CC3)c12. The Bertz CT molecular complexity index is 1130. The number of benzene rings is 2. The Morgan fingerprint density at radius 2 is 1.91 bits per heavy atom. The van der Waals surface area contributed by atoms with Crippen molar-refractivity contribution in [3.63, 3.8) is 0 Å². The van der Waals surface area contributed by atoms with Gasteiger partial charge in [-0.2, -0.15) is 0 Å². The van der Waals surface area contributed by atoms with Gasteiger partial charge in [-0.15, -0.1) is 11.8 Å². The summed E-state index contributed by atoms with van der Waals surface area (Å²) in [6.07, 6.45) is 4.63. The minimum atomic E-state index is -0.290. The van der Waals surface area contributed by atoms with E-state index in [1.54, 1.807) is 17.8 Å². The second-order valence-corrected chi connectivity index (χ2v) is 9.90. The number of thioether (sulfide) groups is 1. The molecule has 168 valence electrons. The van der Waals surface area contributed by atoms with Crippen LogP contribution in [-0.2, 0) is 17.0 Å². The molecule has 0 radical (unpaired) electrons. The summed E-state index contributed by atoms with van der Waals surface area (Å²) in [6, 6.07) is 15.0. The molecule has 5 nitrogen and oxygen atoms in total. The molecule has 5 rings (SSSR count). The van der Waals surface area contributed by atoms with Gasteiger partial charge in [-0.05, 0) is 63.9 Å². The molecule has 2 aliphatic rings. The van der Waals surface area contributed by atoms with Crippen molar-refractivity contribution >= 4 is 28.6 Å². The average molecular weight is 451 g/mol. The lowest BCUT2D eigenvalue weighted by molar-refractivity contribution is 0.0527. The molecule has 2 aliphatic carbocycles. The first-order valence-corrected chi connectivity index (χ1v) is 12.5. The molecule has 1 N–H and O–H groups in total. The first-order valence-electron chi connectivity index (χ1n) is 11.5. The number of hydrogen-bond acceptors (Lipinski definition) is 5. The van der Waals surface area contributed by atoms with E-state index < -0.39 is 0 Å². The van der Waals surface area contributed by atoms with Gasteiger partial charge in [0.1, 0.15) is 5.75 Å². The summed E-state index contributed by atoms with van der Waals surface area (Å²) in [4.78, 5) is 16.8. The quantitative estimate of drug-likeness (QED) is 0.333. The predicted molar refractivity (Wildman–Crippen MR) is 128 cm³/mol. The highest BCUT2D eigenvalue weighted by Gasteiger charge is 2.35. The average Bonchev–Trinajstić information content (AvgIpc) is 3.71. The molecule has 0 atom stereocenters. The van der Waals surface area contributed by atoms with Crippen LogP contribution in [0.1, 0.15) is 60.3 Å². The zero-order valence-electron chi connectivity index (χ0n) is 18.7. The lowest BCUT2D eigenvalue weighted by Gasteiger charge is -2.18. The van der Waals surface area contributed by atoms with E-state index >= 15 is 0 Å². The van der Waals surface area contributed by atoms with E-state index in [1.165, 1.54) is 17.7 Å². The Kier molecular flexibility index (Phi) is 5.91. The maximum atomic E-state index is 13.3. The third-order valence-electron chi connectivity index (χ3n) is 6.44. The summed E-state index contributed by atoms with van der Waals surface area (Å²) in [6.45, 7) is 2.80. The molecule has 0 bridgehead atoms. The molecule has 6 heteroatoms. The zero-order valence-corrected chi connectivity index (χ0v) is 19.5. The number of ether oxygens (including phenoxy) is 1. The van der Waals surface area contributed by atoms with Crippen molar-refractivity contribution in [1.29, 1.82) is 0 Å². The number of aromatic hydroxyl groups is 1. The Morgan fingerprint density at radius 3 is 2.56 bits per heavy atom. The molecule has 2 fully saturated rings. The Morgan fingerprint density at radius 1 is 1.16 bits per heavy atom. The number of esters is 1. The van der Waals surface area contributed by atoms with Gasteiger partial charge in [-0.3, -0.25) is 4.90 Å². The van der Waals surface area contributed by atoms with Crippen molar-refractivity contribution in [3.05, 3.63) is 59.3 Å². The van der Waals surface area contributed by atoms with E-state index in [9.17, 15) is 9.90 Å². The highest BCUT2D eigenvalue weighted by atomic mass is 32.2. The van der Waals surface area contributed by atoms with Gasteiger partial charge >= 0.3 is 5.97 Å². The minimum absolute atomic E-state index is 0.255. The second-order valence-electron chi connectivity index (χ2n) is 8.85. The summed E-state index contributed by atoms with van der Waals surface area (Å²) in [5, 5.41) is 11.7. The maximum absolute atomic E-state index is 13.3. The first-order chi connectivity index (χ1) is 15.6. The monoisotopic (exact) mass is 450 g/mol. The summed E-state index contributed by atoms with van der Waals surface area (Å²) in [5.41, 5.74) is 3.52. The van der Waals surface area contributed by atoms with E-state index in [0.717, 1.165) is 35.0 Å². The van der Waals surface area contributed by atoms with Crippen LogP contribution in [0.25, 0.3) is 10.9 Å². The number of carbonyl (C=O) groups is 1. The number of phenols is 1. The Balaban J connectivity index is 1.66. The molecule has 0 spiro atoms. The number of carbonyl (C=O) groups excluding carboxylic acids is 1. The Labute approximate surface area is 193 Å². The van der Waals surface area contributed by atoms with Crippen LogP contribution in [0, 0.1) is 0 Å². The number of phenolic OH excluding ortho intramolecular Hbond substituents is 1. The highest BCUT2D eigenvalue weighted by Crippen LogP contribution is 2.45. The fourth-order valence-electron chi connectivity index (χ4n) is 4.55. The van der Waals surface area contributed by atoms with E-state index in [1.807, 2.05) is 31.2 Å². The van der Waals surface area contributed by atoms with Crippen molar-refractivity contribution in [1.82, 2.24) is 9.47 Å². The van der Waals surface area contributed by atoms with Crippen LogP contribution < -0.4 is 0 Å². The number of rotatable bonds is 9. The van der Waals surface area contributed by atoms with Gasteiger partial charge in [0, 0.05) is 51.4 Å². The van der Waals surface area contributed by atoms with E-state index in [-0.39, 0.29) is 11.7 Å². The van der Waals surface area contributed by atoms with Gasteiger partial charge in [0.2, 0.25) is 0 Å². The summed E-state index contributed by atoms with van der Waals surface area (Å²) in [7, 11) is 2.10. The molecule has 0 saturated heterocycles. The molecule has 0 aliphatic heterocycles. The smallest absolute Gasteiger partial charge is 0.340 e. The van der Waals surface area contributed by atoms with Crippen LogP contribution in [0.5, 0.6) is 5.75 Å². The molecular formula is C26H30N2O3S. The molecule has 0 unspecified atom stereocenters. The van der Waals surface area contributed by atoms with E-state index in [2.05, 4.69) is 28.6 Å². The molecule has 2 saturated carbocycles. The summed E-state index contributed by atoms with van der Waals surface area (Å²) < 4.78 is 7.89. The Hall–Kier alpha value is -2.44. The molecule has 1 heterocycles. The van der Waals surface area contributed by atoms with Crippen LogP contribution in [0.2, 0.25) is 0 Å². The standard InChI is InChI=1S/C26H30N2O3S/c1-3-31-26(30)25-22(16-32-19-7-5-4-6-8-19)28(18-11-12-18)21-13-14-23(29)20(24(21)25)15-27(2)17-9-10-17/h4-8,13-14,17-18,29H,3,9-12,15-16H2,1-2H3. The number of nitrogens with zero attached hydrogens (tertiary/aromatic N) is 2. The zero-order chi connectivity index (χ0) is 22.2. The normalized spacial score (nSPS) is 16.1. The van der Waals surface area contributed by atoms with Crippen molar-refractivity contribution in [2.24, 2.45) is 0 Å². The van der Waals surface area contributed by atoms with Gasteiger partial charge in [0.15, 0.2) is 0 Å². The van der Waals surface area contributed by atoms with Crippen LogP contribution >= 0.6 is 11.8 Å². The van der Waals surface area contributed by atoms with Crippen molar-refractivity contribution in [2.75, 3.05) is 13.7 Å². The van der Waals surface area contributed by atoms with Crippen LogP contribution in [0.3, 0.4) is 0 Å². The number of aromatic nitrogens is 1. The fourth-order valence-corrected chi connectivity index (χ4v) is 5.49. The predicted octanol–water partition coefficient (Wildman–Crippen LogP) is 5.75. The van der Waals surface area contributed by atoms with E-state index in [0.29, 0.717) is 36.6 Å². The third kappa shape index (κ3) is 4.14. The topological polar surface area (TPSA) is 54.7 Å². The maximum Gasteiger partial charge on any atom is 0.340 e. The summed E-state index contributed by atoms with van der Waals surface area (Å²) >= 11 is 1.74. The molecule has 32 heavy (non-hydrogen) atoms. The van der Waals surface area contributed by atoms with Gasteiger partial charge in [0.25, 0.3) is 0 Å². The van der Waals surface area contributed by atoms with Crippen molar-refractivity contribution in [2.45, 2.75) is 61.9 Å². The lowest BCUT2D eigenvalue weighted by Crippen LogP contribution is -2.20. The van der Waals surface area contributed by atoms with Gasteiger partial charge < -0.3 is 14.4 Å².